The summed E-state index contributed by atoms with van der Waals surface area (Å²) in [7, 11) is 0. The number of aliphatic hydroxyl groups excluding tert-OH is 1. The molecule has 1 aliphatic carbocycles. The van der Waals surface area contributed by atoms with Crippen molar-refractivity contribution in [3.8, 4) is 0 Å². The molecule has 1 N–H and O–H groups in total. The number of hydrogen-bond acceptors (Lipinski definition) is 3. The number of rotatable bonds is 9. The molecule has 0 heterocycles. The Kier molecular flexibility index (Phi) is 7.10. The SMILES string of the molecule is C=C1C=CC(COCC(CO)COCc2ccccc2)=CC1. The molecule has 3 heteroatoms. The highest BCUT2D eigenvalue weighted by molar-refractivity contribution is 5.34. The summed E-state index contributed by atoms with van der Waals surface area (Å²) < 4.78 is 11.3. The second-order valence-electron chi connectivity index (χ2n) is 5.54. The minimum Gasteiger partial charge on any atom is -0.396 e. The van der Waals surface area contributed by atoms with E-state index in [0.29, 0.717) is 26.4 Å². The number of allylic oxidation sites excluding steroid dienone is 3. The van der Waals surface area contributed by atoms with E-state index in [1.807, 2.05) is 42.5 Å². The molecule has 2 rings (SSSR count). The van der Waals surface area contributed by atoms with Gasteiger partial charge in [0.05, 0.1) is 33.0 Å². The lowest BCUT2D eigenvalue weighted by molar-refractivity contribution is 0.0162. The number of aliphatic hydroxyl groups is 1. The Bertz CT molecular complexity index is 517. The topological polar surface area (TPSA) is 38.7 Å². The zero-order valence-electron chi connectivity index (χ0n) is 12.9. The summed E-state index contributed by atoms with van der Waals surface area (Å²) in [6, 6.07) is 10.0. The molecule has 1 aromatic rings. The van der Waals surface area contributed by atoms with Gasteiger partial charge in [0.1, 0.15) is 0 Å². The Morgan fingerprint density at radius 1 is 1.05 bits per heavy atom. The first kappa shape index (κ1) is 16.7. The van der Waals surface area contributed by atoms with Gasteiger partial charge in [-0.2, -0.15) is 0 Å². The van der Waals surface area contributed by atoms with Gasteiger partial charge in [0.15, 0.2) is 0 Å². The van der Waals surface area contributed by atoms with Crippen molar-refractivity contribution in [2.45, 2.75) is 13.0 Å². The summed E-state index contributed by atoms with van der Waals surface area (Å²) in [5.74, 6) is 0.00634. The smallest absolute Gasteiger partial charge is 0.0717 e. The summed E-state index contributed by atoms with van der Waals surface area (Å²) in [6.07, 6.45) is 7.07. The summed E-state index contributed by atoms with van der Waals surface area (Å²) in [5.41, 5.74) is 3.42. The van der Waals surface area contributed by atoms with Crippen LogP contribution in [0.1, 0.15) is 12.0 Å². The molecule has 0 bridgehead atoms. The molecular weight excluding hydrogens is 276 g/mol. The number of hydrogen-bond donors (Lipinski definition) is 1. The zero-order chi connectivity index (χ0) is 15.6. The van der Waals surface area contributed by atoms with E-state index in [0.717, 1.165) is 23.1 Å². The predicted molar refractivity (Wildman–Crippen MR) is 88.5 cm³/mol. The van der Waals surface area contributed by atoms with Crippen LogP contribution in [0.15, 0.2) is 66.3 Å². The van der Waals surface area contributed by atoms with E-state index in [9.17, 15) is 5.11 Å². The van der Waals surface area contributed by atoms with E-state index in [4.69, 9.17) is 9.47 Å². The maximum atomic E-state index is 9.39. The van der Waals surface area contributed by atoms with E-state index >= 15 is 0 Å². The highest BCUT2D eigenvalue weighted by atomic mass is 16.5. The van der Waals surface area contributed by atoms with E-state index in [-0.39, 0.29) is 12.5 Å². The normalized spacial score (nSPS) is 15.7. The van der Waals surface area contributed by atoms with Crippen LogP contribution >= 0.6 is 0 Å². The van der Waals surface area contributed by atoms with Crippen LogP contribution < -0.4 is 0 Å². The lowest BCUT2D eigenvalue weighted by Crippen LogP contribution is -2.20. The van der Waals surface area contributed by atoms with Crippen molar-refractivity contribution < 1.29 is 14.6 Å². The van der Waals surface area contributed by atoms with Crippen molar-refractivity contribution in [3.05, 3.63) is 71.8 Å². The molecule has 0 aliphatic heterocycles. The summed E-state index contributed by atoms with van der Waals surface area (Å²) >= 11 is 0. The molecule has 118 valence electrons. The Hall–Kier alpha value is -1.68. The van der Waals surface area contributed by atoms with Gasteiger partial charge in [-0.25, -0.2) is 0 Å². The molecule has 22 heavy (non-hydrogen) atoms. The third-order valence-corrected chi connectivity index (χ3v) is 3.51. The highest BCUT2D eigenvalue weighted by Crippen LogP contribution is 2.14. The fourth-order valence-electron chi connectivity index (χ4n) is 2.14. The molecule has 0 spiro atoms. The molecule has 3 nitrogen and oxygen atoms in total. The summed E-state index contributed by atoms with van der Waals surface area (Å²) in [5, 5.41) is 9.39. The van der Waals surface area contributed by atoms with Crippen molar-refractivity contribution in [2.24, 2.45) is 5.92 Å². The van der Waals surface area contributed by atoms with Crippen LogP contribution in [-0.4, -0.2) is 31.5 Å². The van der Waals surface area contributed by atoms with Gasteiger partial charge in [-0.1, -0.05) is 60.7 Å². The molecule has 0 aromatic heterocycles. The van der Waals surface area contributed by atoms with E-state index in [1.54, 1.807) is 0 Å². The molecule has 0 radical (unpaired) electrons. The van der Waals surface area contributed by atoms with Gasteiger partial charge < -0.3 is 14.6 Å². The van der Waals surface area contributed by atoms with Gasteiger partial charge in [-0.15, -0.1) is 0 Å². The molecule has 0 saturated carbocycles. The fraction of sp³-hybridized carbons (Fsp3) is 0.368. The van der Waals surface area contributed by atoms with Crippen molar-refractivity contribution in [1.29, 1.82) is 0 Å². The second kappa shape index (κ2) is 9.36. The quantitative estimate of drug-likeness (QED) is 0.760. The summed E-state index contributed by atoms with van der Waals surface area (Å²) in [6.45, 7) is 6.10. The molecule has 1 unspecified atom stereocenters. The minimum absolute atomic E-state index is 0.00634. The summed E-state index contributed by atoms with van der Waals surface area (Å²) in [4.78, 5) is 0. The van der Waals surface area contributed by atoms with Crippen molar-refractivity contribution in [3.63, 3.8) is 0 Å². The first-order valence-corrected chi connectivity index (χ1v) is 7.63. The van der Waals surface area contributed by atoms with E-state index in [1.165, 1.54) is 0 Å². The maximum absolute atomic E-state index is 9.39. The van der Waals surface area contributed by atoms with Crippen molar-refractivity contribution >= 4 is 0 Å². The average Bonchev–Trinajstić information content (AvgIpc) is 2.56. The average molecular weight is 300 g/mol. The van der Waals surface area contributed by atoms with Crippen LogP contribution in [0, 0.1) is 5.92 Å². The van der Waals surface area contributed by atoms with Gasteiger partial charge in [-0.3, -0.25) is 0 Å². The Morgan fingerprint density at radius 2 is 1.77 bits per heavy atom. The number of ether oxygens (including phenoxy) is 2. The molecular formula is C19H24O3. The predicted octanol–water partition coefficient (Wildman–Crippen LogP) is 3.27. The highest BCUT2D eigenvalue weighted by Gasteiger charge is 2.09. The van der Waals surface area contributed by atoms with Gasteiger partial charge >= 0.3 is 0 Å². The first-order valence-electron chi connectivity index (χ1n) is 7.63. The standard InChI is InChI=1S/C19H24O3/c1-16-7-9-18(10-8-16)13-22-15-19(11-20)14-21-12-17-5-3-2-4-6-17/h2-7,9-10,19-20H,1,8,11-15H2. The molecule has 0 amide bonds. The monoisotopic (exact) mass is 300 g/mol. The van der Waals surface area contributed by atoms with Crippen molar-refractivity contribution in [2.75, 3.05) is 26.4 Å². The third-order valence-electron chi connectivity index (χ3n) is 3.51. The fourth-order valence-corrected chi connectivity index (χ4v) is 2.14. The van der Waals surface area contributed by atoms with Gasteiger partial charge in [0.25, 0.3) is 0 Å². The molecule has 0 saturated heterocycles. The maximum Gasteiger partial charge on any atom is 0.0717 e. The Labute approximate surface area is 132 Å². The molecule has 0 fully saturated rings. The Balaban J connectivity index is 1.63. The molecule has 1 atom stereocenters. The van der Waals surface area contributed by atoms with E-state index < -0.39 is 0 Å². The lowest BCUT2D eigenvalue weighted by atomic mass is 10.0. The van der Waals surface area contributed by atoms with Gasteiger partial charge in [0.2, 0.25) is 0 Å². The van der Waals surface area contributed by atoms with Crippen LogP contribution in [0.4, 0.5) is 0 Å². The zero-order valence-corrected chi connectivity index (χ0v) is 12.9. The molecule has 1 aliphatic rings. The first-order chi connectivity index (χ1) is 10.8. The largest absolute Gasteiger partial charge is 0.396 e. The van der Waals surface area contributed by atoms with Crippen LogP contribution in [-0.2, 0) is 16.1 Å². The second-order valence-corrected chi connectivity index (χ2v) is 5.54. The minimum atomic E-state index is 0.00634. The van der Waals surface area contributed by atoms with E-state index in [2.05, 4.69) is 12.7 Å². The van der Waals surface area contributed by atoms with Crippen LogP contribution in [0.5, 0.6) is 0 Å². The lowest BCUT2D eigenvalue weighted by Gasteiger charge is -2.16. The van der Waals surface area contributed by atoms with Gasteiger partial charge in [0, 0.05) is 5.92 Å². The van der Waals surface area contributed by atoms with Gasteiger partial charge in [-0.05, 0) is 17.6 Å². The third kappa shape index (κ3) is 5.98. The molecule has 1 aromatic carbocycles. The van der Waals surface area contributed by atoms with Crippen LogP contribution in [0.3, 0.4) is 0 Å². The number of benzene rings is 1. The van der Waals surface area contributed by atoms with Crippen molar-refractivity contribution in [1.82, 2.24) is 0 Å². The Morgan fingerprint density at radius 3 is 2.41 bits per heavy atom. The van der Waals surface area contributed by atoms with Crippen LogP contribution in [0.25, 0.3) is 0 Å². The van der Waals surface area contributed by atoms with Crippen LogP contribution in [0.2, 0.25) is 0 Å².